The van der Waals surface area contributed by atoms with Gasteiger partial charge in [-0.3, -0.25) is 4.79 Å². The third-order valence-electron chi connectivity index (χ3n) is 3.57. The highest BCUT2D eigenvalue weighted by atomic mass is 79.9. The first kappa shape index (κ1) is 13.4. The van der Waals surface area contributed by atoms with E-state index >= 15 is 0 Å². The van der Waals surface area contributed by atoms with Gasteiger partial charge in [-0.15, -0.1) is 0 Å². The maximum absolute atomic E-state index is 12.6. The van der Waals surface area contributed by atoms with Crippen molar-refractivity contribution in [3.05, 3.63) is 39.6 Å². The van der Waals surface area contributed by atoms with Gasteiger partial charge in [-0.25, -0.2) is 0 Å². The Kier molecular flexibility index (Phi) is 3.41. The summed E-state index contributed by atoms with van der Waals surface area (Å²) in [6.07, 6.45) is 1.85. The number of furan rings is 1. The number of hydrogen-bond donors (Lipinski definition) is 0. The molecule has 5 nitrogen and oxygen atoms in total. The van der Waals surface area contributed by atoms with Crippen LogP contribution in [0.25, 0.3) is 0 Å². The standard InChI is InChI=1S/C14H15BrN2O3/c1-8-6-12(15)19-13(8)14(18)17-5-3-4-10(17)11-7-9(2)16-20-11/h6-7,10H,3-5H2,1-2H3/t10-/m1/s1. The molecule has 1 amide bonds. The molecule has 3 heterocycles. The summed E-state index contributed by atoms with van der Waals surface area (Å²) in [6.45, 7) is 4.45. The number of halogens is 1. The molecule has 2 aromatic rings. The van der Waals surface area contributed by atoms with Crippen LogP contribution < -0.4 is 0 Å². The van der Waals surface area contributed by atoms with Crippen molar-refractivity contribution in [1.29, 1.82) is 0 Å². The number of likely N-dealkylation sites (tertiary alicyclic amines) is 1. The summed E-state index contributed by atoms with van der Waals surface area (Å²) in [5.74, 6) is 1.04. The minimum absolute atomic E-state index is 0.0491. The molecular formula is C14H15BrN2O3. The van der Waals surface area contributed by atoms with Crippen LogP contribution in [0.5, 0.6) is 0 Å². The molecule has 0 bridgehead atoms. The lowest BCUT2D eigenvalue weighted by molar-refractivity contribution is 0.0680. The molecule has 20 heavy (non-hydrogen) atoms. The summed E-state index contributed by atoms with van der Waals surface area (Å²) in [6, 6.07) is 3.64. The lowest BCUT2D eigenvalue weighted by Gasteiger charge is -2.21. The average molecular weight is 339 g/mol. The normalized spacial score (nSPS) is 18.8. The van der Waals surface area contributed by atoms with E-state index in [4.69, 9.17) is 8.94 Å². The van der Waals surface area contributed by atoms with Gasteiger partial charge in [0.15, 0.2) is 16.2 Å². The number of aryl methyl sites for hydroxylation is 2. The second-order valence-electron chi connectivity index (χ2n) is 5.09. The van der Waals surface area contributed by atoms with Gasteiger partial charge in [-0.2, -0.15) is 0 Å². The van der Waals surface area contributed by atoms with Gasteiger partial charge in [0.05, 0.1) is 11.7 Å². The third kappa shape index (κ3) is 2.28. The fraction of sp³-hybridized carbons (Fsp3) is 0.429. The summed E-state index contributed by atoms with van der Waals surface area (Å²) in [4.78, 5) is 14.4. The number of carbonyl (C=O) groups is 1. The number of nitrogens with zero attached hydrogens (tertiary/aromatic N) is 2. The molecule has 0 aromatic carbocycles. The second kappa shape index (κ2) is 5.09. The van der Waals surface area contributed by atoms with Crippen LogP contribution in [0, 0.1) is 13.8 Å². The molecule has 106 valence electrons. The predicted molar refractivity (Wildman–Crippen MR) is 75.4 cm³/mol. The van der Waals surface area contributed by atoms with Crippen LogP contribution in [0.15, 0.2) is 25.7 Å². The Morgan fingerprint density at radius 1 is 1.45 bits per heavy atom. The molecule has 6 heteroatoms. The summed E-state index contributed by atoms with van der Waals surface area (Å²) in [7, 11) is 0. The smallest absolute Gasteiger partial charge is 0.290 e. The van der Waals surface area contributed by atoms with Gasteiger partial charge in [0.1, 0.15) is 0 Å². The van der Waals surface area contributed by atoms with Crippen molar-refractivity contribution in [2.45, 2.75) is 32.7 Å². The molecule has 1 aliphatic rings. The van der Waals surface area contributed by atoms with E-state index in [1.165, 1.54) is 0 Å². The summed E-state index contributed by atoms with van der Waals surface area (Å²) < 4.78 is 11.3. The third-order valence-corrected chi connectivity index (χ3v) is 3.96. The topological polar surface area (TPSA) is 59.5 Å². The van der Waals surface area contributed by atoms with Crippen LogP contribution in [0.1, 0.15) is 46.5 Å². The van der Waals surface area contributed by atoms with Crippen LogP contribution in [0.3, 0.4) is 0 Å². The number of hydrogen-bond acceptors (Lipinski definition) is 4. The average Bonchev–Trinajstić information content (AvgIpc) is 3.08. The fourth-order valence-corrected chi connectivity index (χ4v) is 3.14. The SMILES string of the molecule is Cc1cc([C@H]2CCCN2C(=O)c2oc(Br)cc2C)on1. The molecular weight excluding hydrogens is 324 g/mol. The quantitative estimate of drug-likeness (QED) is 0.838. The molecule has 0 N–H and O–H groups in total. The van der Waals surface area contributed by atoms with Gasteiger partial charge in [0, 0.05) is 18.2 Å². The molecule has 0 radical (unpaired) electrons. The predicted octanol–water partition coefficient (Wildman–Crippen LogP) is 3.62. The Labute approximate surface area is 125 Å². The van der Waals surface area contributed by atoms with E-state index < -0.39 is 0 Å². The van der Waals surface area contributed by atoms with Gasteiger partial charge >= 0.3 is 0 Å². The number of carbonyl (C=O) groups excluding carboxylic acids is 1. The van der Waals surface area contributed by atoms with Crippen LogP contribution in [-0.2, 0) is 0 Å². The van der Waals surface area contributed by atoms with Crippen molar-refractivity contribution < 1.29 is 13.7 Å². The fourth-order valence-electron chi connectivity index (χ4n) is 2.63. The molecule has 0 saturated carbocycles. The minimum Gasteiger partial charge on any atom is -0.444 e. The highest BCUT2D eigenvalue weighted by Crippen LogP contribution is 2.34. The van der Waals surface area contributed by atoms with Crippen LogP contribution in [0.4, 0.5) is 0 Å². The Morgan fingerprint density at radius 2 is 2.25 bits per heavy atom. The van der Waals surface area contributed by atoms with Crippen molar-refractivity contribution in [3.8, 4) is 0 Å². The molecule has 0 spiro atoms. The number of amides is 1. The largest absolute Gasteiger partial charge is 0.444 e. The highest BCUT2D eigenvalue weighted by molar-refractivity contribution is 9.10. The lowest BCUT2D eigenvalue weighted by Crippen LogP contribution is -2.30. The molecule has 1 atom stereocenters. The lowest BCUT2D eigenvalue weighted by atomic mass is 10.1. The Balaban J connectivity index is 1.89. The zero-order chi connectivity index (χ0) is 14.3. The minimum atomic E-state index is -0.0928. The van der Waals surface area contributed by atoms with Gasteiger partial charge in [-0.1, -0.05) is 5.16 Å². The van der Waals surface area contributed by atoms with Gasteiger partial charge in [-0.05, 0) is 48.7 Å². The summed E-state index contributed by atoms with van der Waals surface area (Å²) >= 11 is 3.26. The maximum Gasteiger partial charge on any atom is 0.290 e. The van der Waals surface area contributed by atoms with Gasteiger partial charge in [0.2, 0.25) is 0 Å². The molecule has 3 rings (SSSR count). The van der Waals surface area contributed by atoms with E-state index in [0.717, 1.165) is 29.9 Å². The van der Waals surface area contributed by atoms with Crippen LogP contribution >= 0.6 is 15.9 Å². The van der Waals surface area contributed by atoms with Crippen molar-refractivity contribution in [3.63, 3.8) is 0 Å². The number of rotatable bonds is 2. The van der Waals surface area contributed by atoms with Gasteiger partial charge < -0.3 is 13.8 Å². The van der Waals surface area contributed by atoms with Gasteiger partial charge in [0.25, 0.3) is 5.91 Å². The Morgan fingerprint density at radius 3 is 2.85 bits per heavy atom. The van der Waals surface area contributed by atoms with Crippen LogP contribution in [0.2, 0.25) is 0 Å². The zero-order valence-electron chi connectivity index (χ0n) is 11.4. The van der Waals surface area contributed by atoms with E-state index in [9.17, 15) is 4.79 Å². The van der Waals surface area contributed by atoms with Crippen molar-refractivity contribution in [1.82, 2.24) is 10.1 Å². The van der Waals surface area contributed by atoms with E-state index in [2.05, 4.69) is 21.1 Å². The first-order chi connectivity index (χ1) is 9.56. The molecule has 0 unspecified atom stereocenters. The first-order valence-corrected chi connectivity index (χ1v) is 7.35. The summed E-state index contributed by atoms with van der Waals surface area (Å²) in [5, 5.41) is 3.91. The van der Waals surface area contributed by atoms with E-state index in [1.54, 1.807) is 11.0 Å². The molecule has 1 fully saturated rings. The Hall–Kier alpha value is -1.56. The van der Waals surface area contributed by atoms with Crippen molar-refractivity contribution >= 4 is 21.8 Å². The van der Waals surface area contributed by atoms with Crippen molar-refractivity contribution in [2.24, 2.45) is 0 Å². The molecule has 0 aliphatic carbocycles. The maximum atomic E-state index is 12.6. The molecule has 2 aromatic heterocycles. The van der Waals surface area contributed by atoms with E-state index in [-0.39, 0.29) is 11.9 Å². The van der Waals surface area contributed by atoms with Crippen LogP contribution in [-0.4, -0.2) is 22.5 Å². The van der Waals surface area contributed by atoms with E-state index in [1.807, 2.05) is 19.9 Å². The molecule has 1 saturated heterocycles. The first-order valence-electron chi connectivity index (χ1n) is 6.56. The highest BCUT2D eigenvalue weighted by Gasteiger charge is 2.35. The van der Waals surface area contributed by atoms with Crippen molar-refractivity contribution in [2.75, 3.05) is 6.54 Å². The summed E-state index contributed by atoms with van der Waals surface area (Å²) in [5.41, 5.74) is 1.66. The zero-order valence-corrected chi connectivity index (χ0v) is 12.9. The second-order valence-corrected chi connectivity index (χ2v) is 5.87. The van der Waals surface area contributed by atoms with E-state index in [0.29, 0.717) is 17.0 Å². The monoisotopic (exact) mass is 338 g/mol. The number of aromatic nitrogens is 1. The Bertz CT molecular complexity index is 647. The molecule has 1 aliphatic heterocycles.